The van der Waals surface area contributed by atoms with Crippen LogP contribution in [0.3, 0.4) is 0 Å². The molecule has 3 N–H and O–H groups in total. The van der Waals surface area contributed by atoms with E-state index in [0.717, 1.165) is 36.5 Å². The molecule has 2 aromatic carbocycles. The maximum atomic E-state index is 12.6. The molecule has 39 heavy (non-hydrogen) atoms. The number of hydrogen-bond donors (Lipinski definition) is 3. The van der Waals surface area contributed by atoms with Crippen molar-refractivity contribution in [2.24, 2.45) is 4.99 Å². The number of aliphatic carboxylic acids is 1. The minimum absolute atomic E-state index is 0.0371. The van der Waals surface area contributed by atoms with Crippen LogP contribution in [0.15, 0.2) is 52.4 Å². The van der Waals surface area contributed by atoms with Gasteiger partial charge in [-0.1, -0.05) is 48.0 Å². The van der Waals surface area contributed by atoms with Gasteiger partial charge in [0.2, 0.25) is 5.91 Å². The fourth-order valence-electron chi connectivity index (χ4n) is 3.52. The molecule has 0 fully saturated rings. The van der Waals surface area contributed by atoms with Crippen molar-refractivity contribution in [2.45, 2.75) is 30.8 Å². The van der Waals surface area contributed by atoms with Crippen LogP contribution in [0.25, 0.3) is 0 Å². The van der Waals surface area contributed by atoms with Gasteiger partial charge in [-0.2, -0.15) is 13.2 Å². The Morgan fingerprint density at radius 1 is 1.18 bits per heavy atom. The minimum Gasteiger partial charge on any atom is -0.475 e. The summed E-state index contributed by atoms with van der Waals surface area (Å²) in [6.07, 6.45) is -4.12. The molecule has 1 aliphatic rings. The zero-order chi connectivity index (χ0) is 29.2. The lowest BCUT2D eigenvalue weighted by molar-refractivity contribution is -0.192. The number of sulfone groups is 1. The molecule has 1 aliphatic heterocycles. The molecular formula is C25H30ClF3N4O5S. The first-order chi connectivity index (χ1) is 18.2. The van der Waals surface area contributed by atoms with Crippen LogP contribution in [0.2, 0.25) is 5.02 Å². The number of carbonyl (C=O) groups excluding carboxylic acids is 1. The lowest BCUT2D eigenvalue weighted by Crippen LogP contribution is -2.33. The van der Waals surface area contributed by atoms with Crippen LogP contribution in [0.1, 0.15) is 23.1 Å². The molecule has 9 nitrogen and oxygen atoms in total. The summed E-state index contributed by atoms with van der Waals surface area (Å²) in [5.41, 5.74) is 2.82. The highest BCUT2D eigenvalue weighted by Gasteiger charge is 2.38. The van der Waals surface area contributed by atoms with Gasteiger partial charge in [0.15, 0.2) is 9.84 Å². The van der Waals surface area contributed by atoms with Crippen LogP contribution >= 0.6 is 11.6 Å². The molecule has 214 valence electrons. The number of benzene rings is 2. The van der Waals surface area contributed by atoms with Crippen molar-refractivity contribution in [3.05, 3.63) is 64.2 Å². The lowest BCUT2D eigenvalue weighted by Gasteiger charge is -2.17. The average Bonchev–Trinajstić information content (AvgIpc) is 3.40. The highest BCUT2D eigenvalue weighted by molar-refractivity contribution is 7.91. The van der Waals surface area contributed by atoms with E-state index in [-0.39, 0.29) is 34.7 Å². The smallest absolute Gasteiger partial charge is 0.475 e. The number of alkyl halides is 3. The first-order valence-electron chi connectivity index (χ1n) is 11.8. The number of aryl methyl sites for hydroxylation is 1. The number of halogens is 4. The summed E-state index contributed by atoms with van der Waals surface area (Å²) in [7, 11) is -1.82. The van der Waals surface area contributed by atoms with Gasteiger partial charge in [0.1, 0.15) is 11.7 Å². The number of likely N-dealkylation sites (N-methyl/N-ethyl adjacent to an activating group) is 1. The van der Waals surface area contributed by atoms with Gasteiger partial charge in [-0.25, -0.2) is 13.2 Å². The van der Waals surface area contributed by atoms with E-state index < -0.39 is 22.0 Å². The zero-order valence-corrected chi connectivity index (χ0v) is 23.0. The predicted molar refractivity (Wildman–Crippen MR) is 142 cm³/mol. The molecule has 1 amide bonds. The topological polar surface area (TPSA) is 128 Å². The standard InChI is InChI=1S/C23H29ClN4O3S.C2HF3O2/c1-17-4-3-5-20(24)22(17)32(30,31)16-25-12-10-21(29)28(2)15-11-18-6-8-19(9-7-18)23-26-13-14-27-23;3-2(4,5)1(6)7/h3-9,25H,10-16H2,1-2H3,(H,26,27);(H,6,7). The summed E-state index contributed by atoms with van der Waals surface area (Å²) in [5, 5.41) is 13.4. The number of carboxylic acids is 1. The van der Waals surface area contributed by atoms with Crippen molar-refractivity contribution < 1.29 is 36.3 Å². The predicted octanol–water partition coefficient (Wildman–Crippen LogP) is 3.04. The molecule has 2 aromatic rings. The van der Waals surface area contributed by atoms with Gasteiger partial charge < -0.3 is 20.6 Å². The normalized spacial score (nSPS) is 13.1. The molecule has 0 aliphatic carbocycles. The quantitative estimate of drug-likeness (QED) is 0.363. The Labute approximate surface area is 230 Å². The van der Waals surface area contributed by atoms with Crippen LogP contribution in [-0.2, 0) is 25.8 Å². The van der Waals surface area contributed by atoms with E-state index in [4.69, 9.17) is 21.5 Å². The van der Waals surface area contributed by atoms with Crippen molar-refractivity contribution >= 4 is 39.2 Å². The van der Waals surface area contributed by atoms with Crippen LogP contribution in [0, 0.1) is 6.92 Å². The number of nitrogens with zero attached hydrogens (tertiary/aromatic N) is 2. The van der Waals surface area contributed by atoms with E-state index in [0.29, 0.717) is 12.1 Å². The summed E-state index contributed by atoms with van der Waals surface area (Å²) >= 11 is 6.07. The molecule has 0 bridgehead atoms. The average molecular weight is 591 g/mol. The maximum absolute atomic E-state index is 12.6. The fourth-order valence-corrected chi connectivity index (χ4v) is 5.57. The number of amides is 1. The number of carbonyl (C=O) groups is 2. The second-order valence-corrected chi connectivity index (χ2v) is 11.0. The Kier molecular flexibility index (Phi) is 11.7. The van der Waals surface area contributed by atoms with Crippen LogP contribution in [-0.4, -0.2) is 81.4 Å². The van der Waals surface area contributed by atoms with Crippen LogP contribution < -0.4 is 10.6 Å². The Balaban J connectivity index is 0.000000673. The van der Waals surface area contributed by atoms with Gasteiger partial charge in [-0.15, -0.1) is 0 Å². The molecule has 3 rings (SSSR count). The first kappa shape index (κ1) is 32.1. The number of rotatable bonds is 10. The molecule has 0 unspecified atom stereocenters. The molecule has 0 saturated heterocycles. The second-order valence-electron chi connectivity index (χ2n) is 8.62. The van der Waals surface area contributed by atoms with Crippen LogP contribution in [0.4, 0.5) is 13.2 Å². The Morgan fingerprint density at radius 3 is 2.36 bits per heavy atom. The second kappa shape index (κ2) is 14.3. The molecule has 1 heterocycles. The number of aliphatic imine (C=N–C) groups is 1. The summed E-state index contributed by atoms with van der Waals surface area (Å²) in [6.45, 7) is 4.27. The summed E-state index contributed by atoms with van der Waals surface area (Å²) < 4.78 is 56.9. The lowest BCUT2D eigenvalue weighted by atomic mass is 10.1. The molecule has 14 heteroatoms. The van der Waals surface area contributed by atoms with E-state index in [2.05, 4.69) is 27.8 Å². The van der Waals surface area contributed by atoms with Crippen molar-refractivity contribution in [3.8, 4) is 0 Å². The zero-order valence-electron chi connectivity index (χ0n) is 21.4. The van der Waals surface area contributed by atoms with Gasteiger partial charge in [-0.05, 0) is 30.5 Å². The number of carboxylic acid groups (broad SMARTS) is 1. The number of nitrogens with one attached hydrogen (secondary N) is 2. The first-order valence-corrected chi connectivity index (χ1v) is 13.9. The molecule has 0 saturated carbocycles. The minimum atomic E-state index is -5.08. The summed E-state index contributed by atoms with van der Waals surface area (Å²) in [5.74, 6) is -2.12. The van der Waals surface area contributed by atoms with E-state index in [1.807, 2.05) is 12.1 Å². The van der Waals surface area contributed by atoms with Crippen molar-refractivity contribution in [1.82, 2.24) is 15.5 Å². The molecule has 0 atom stereocenters. The SMILES string of the molecule is Cc1cccc(Cl)c1S(=O)(=O)CNCCC(=O)N(C)CCc1ccc(C2=NCCN2)cc1.O=C(O)C(F)(F)F. The van der Waals surface area contributed by atoms with Gasteiger partial charge in [0.25, 0.3) is 0 Å². The van der Waals surface area contributed by atoms with Crippen molar-refractivity contribution in [3.63, 3.8) is 0 Å². The summed E-state index contributed by atoms with van der Waals surface area (Å²) in [4.78, 5) is 27.5. The molecule has 0 spiro atoms. The third-order valence-electron chi connectivity index (χ3n) is 5.59. The van der Waals surface area contributed by atoms with E-state index in [9.17, 15) is 26.4 Å². The van der Waals surface area contributed by atoms with E-state index >= 15 is 0 Å². The third-order valence-corrected chi connectivity index (χ3v) is 7.76. The third kappa shape index (κ3) is 10.2. The maximum Gasteiger partial charge on any atom is 0.490 e. The van der Waals surface area contributed by atoms with E-state index in [1.54, 1.807) is 37.1 Å². The fraction of sp³-hybridized carbons (Fsp3) is 0.400. The Morgan fingerprint density at radius 2 is 1.82 bits per heavy atom. The highest BCUT2D eigenvalue weighted by atomic mass is 35.5. The highest BCUT2D eigenvalue weighted by Crippen LogP contribution is 2.25. The van der Waals surface area contributed by atoms with Gasteiger partial charge in [0, 0.05) is 38.7 Å². The van der Waals surface area contributed by atoms with Gasteiger partial charge >= 0.3 is 12.1 Å². The molecular weight excluding hydrogens is 561 g/mol. The van der Waals surface area contributed by atoms with Crippen LogP contribution in [0.5, 0.6) is 0 Å². The van der Waals surface area contributed by atoms with Crippen molar-refractivity contribution in [1.29, 1.82) is 0 Å². The van der Waals surface area contributed by atoms with Gasteiger partial charge in [-0.3, -0.25) is 9.79 Å². The van der Waals surface area contributed by atoms with E-state index in [1.165, 1.54) is 0 Å². The van der Waals surface area contributed by atoms with Gasteiger partial charge in [0.05, 0.1) is 16.5 Å². The number of hydrogen-bond acceptors (Lipinski definition) is 7. The van der Waals surface area contributed by atoms with Crippen molar-refractivity contribution in [2.75, 3.05) is 39.1 Å². The Hall–Kier alpha value is -3.16. The largest absolute Gasteiger partial charge is 0.490 e. The molecule has 0 radical (unpaired) electrons. The Bertz CT molecular complexity index is 1270. The summed E-state index contributed by atoms with van der Waals surface area (Å²) in [6, 6.07) is 13.2. The number of amidine groups is 1. The monoisotopic (exact) mass is 590 g/mol. The molecule has 0 aromatic heterocycles.